The summed E-state index contributed by atoms with van der Waals surface area (Å²) < 4.78 is 5.83. The van der Waals surface area contributed by atoms with Gasteiger partial charge in [0, 0.05) is 18.1 Å². The maximum absolute atomic E-state index is 13.4. The highest BCUT2D eigenvalue weighted by atomic mass is 35.5. The Morgan fingerprint density at radius 1 is 0.931 bits per heavy atom. The number of ether oxygens (including phenoxy) is 1. The van der Waals surface area contributed by atoms with Crippen molar-refractivity contribution < 1.29 is 14.3 Å². The molecule has 6 heteroatoms. The number of hydrogen-bond acceptors (Lipinski definition) is 4. The number of morpholine rings is 1. The van der Waals surface area contributed by atoms with Gasteiger partial charge < -0.3 is 9.64 Å². The number of carbonyl (C=O) groups is 2. The van der Waals surface area contributed by atoms with Crippen molar-refractivity contribution >= 4 is 29.0 Å². The largest absolute Gasteiger partial charge is 0.372 e. The van der Waals surface area contributed by atoms with Gasteiger partial charge in [0.15, 0.2) is 0 Å². The Kier molecular flexibility index (Phi) is 5.43. The monoisotopic (exact) mass is 410 g/mol. The van der Waals surface area contributed by atoms with Gasteiger partial charge in [0.2, 0.25) is 0 Å². The number of amides is 2. The molecule has 2 unspecified atom stereocenters. The summed E-state index contributed by atoms with van der Waals surface area (Å²) in [6.45, 7) is 5.33. The highest BCUT2D eigenvalue weighted by molar-refractivity contribution is 6.35. The van der Waals surface area contributed by atoms with Crippen LogP contribution < -0.4 is 0 Å². The fourth-order valence-corrected chi connectivity index (χ4v) is 4.13. The smallest absolute Gasteiger partial charge is 0.278 e. The van der Waals surface area contributed by atoms with Crippen molar-refractivity contribution in [3.05, 3.63) is 76.4 Å². The molecule has 2 heterocycles. The number of carbonyl (C=O) groups excluding carboxylic acids is 2. The van der Waals surface area contributed by atoms with Crippen molar-refractivity contribution in [2.45, 2.75) is 32.6 Å². The first-order chi connectivity index (χ1) is 13.9. The lowest BCUT2D eigenvalue weighted by molar-refractivity contribution is -0.139. The van der Waals surface area contributed by atoms with Gasteiger partial charge in [-0.25, -0.2) is 0 Å². The van der Waals surface area contributed by atoms with E-state index < -0.39 is 0 Å². The molecule has 0 aromatic heterocycles. The Balaban J connectivity index is 1.75. The lowest BCUT2D eigenvalue weighted by atomic mass is 10.0. The lowest BCUT2D eigenvalue weighted by Crippen LogP contribution is -2.46. The van der Waals surface area contributed by atoms with E-state index in [-0.39, 0.29) is 30.6 Å². The molecule has 1 saturated heterocycles. The summed E-state index contributed by atoms with van der Waals surface area (Å²) in [4.78, 5) is 30.1. The minimum absolute atomic E-state index is 0.0243. The van der Waals surface area contributed by atoms with E-state index in [2.05, 4.69) is 0 Å². The van der Waals surface area contributed by atoms with Crippen LogP contribution in [0.25, 0.3) is 5.57 Å². The van der Waals surface area contributed by atoms with Crippen molar-refractivity contribution in [1.29, 1.82) is 0 Å². The normalized spacial score (nSPS) is 22.6. The molecule has 4 rings (SSSR count). The summed E-state index contributed by atoms with van der Waals surface area (Å²) in [6.07, 6.45) is -0.0485. The van der Waals surface area contributed by atoms with Crippen LogP contribution in [0.4, 0.5) is 0 Å². The molecule has 29 heavy (non-hydrogen) atoms. The van der Waals surface area contributed by atoms with Crippen LogP contribution in [0.2, 0.25) is 5.02 Å². The van der Waals surface area contributed by atoms with Crippen LogP contribution in [-0.2, 0) is 20.9 Å². The molecule has 0 spiro atoms. The van der Waals surface area contributed by atoms with Gasteiger partial charge in [-0.05, 0) is 37.1 Å². The van der Waals surface area contributed by atoms with E-state index in [1.54, 1.807) is 24.3 Å². The zero-order chi connectivity index (χ0) is 20.5. The summed E-state index contributed by atoms with van der Waals surface area (Å²) >= 11 is 6.04. The molecule has 1 fully saturated rings. The number of benzene rings is 2. The molecule has 0 radical (unpaired) electrons. The maximum Gasteiger partial charge on any atom is 0.278 e. The predicted octanol–water partition coefficient (Wildman–Crippen LogP) is 3.73. The molecular weight excluding hydrogens is 388 g/mol. The van der Waals surface area contributed by atoms with E-state index in [9.17, 15) is 9.59 Å². The summed E-state index contributed by atoms with van der Waals surface area (Å²) in [5, 5.41) is 0.586. The average Bonchev–Trinajstić information content (AvgIpc) is 2.93. The molecule has 2 amide bonds. The second-order valence-electron chi connectivity index (χ2n) is 7.57. The lowest BCUT2D eigenvalue weighted by Gasteiger charge is -2.37. The second kappa shape index (κ2) is 8.01. The molecule has 2 atom stereocenters. The molecule has 0 N–H and O–H groups in total. The van der Waals surface area contributed by atoms with Gasteiger partial charge in [0.1, 0.15) is 5.70 Å². The van der Waals surface area contributed by atoms with Gasteiger partial charge in [-0.15, -0.1) is 0 Å². The standard InChI is InChI=1S/C23H23ClN2O3/c1-15-12-25(13-16(2)29-15)21-20(18-8-10-19(24)11-9-18)22(27)26(23(21)28)14-17-6-4-3-5-7-17/h3-11,15-16H,12-14H2,1-2H3. The molecule has 2 aliphatic rings. The molecule has 5 nitrogen and oxygen atoms in total. The summed E-state index contributed by atoms with van der Waals surface area (Å²) in [6, 6.07) is 16.6. The van der Waals surface area contributed by atoms with Crippen molar-refractivity contribution in [1.82, 2.24) is 9.80 Å². The Hall–Kier alpha value is -2.63. The van der Waals surface area contributed by atoms with E-state index >= 15 is 0 Å². The SMILES string of the molecule is CC1CN(C2=C(c3ccc(Cl)cc3)C(=O)N(Cc3ccccc3)C2=O)CC(C)O1. The summed E-state index contributed by atoms with van der Waals surface area (Å²) in [5.74, 6) is -0.534. The molecular formula is C23H23ClN2O3. The number of rotatable bonds is 4. The van der Waals surface area contributed by atoms with Crippen LogP contribution in [0.5, 0.6) is 0 Å². The van der Waals surface area contributed by atoms with E-state index in [1.165, 1.54) is 4.90 Å². The predicted molar refractivity (Wildman–Crippen MR) is 112 cm³/mol. The van der Waals surface area contributed by atoms with Gasteiger partial charge in [-0.1, -0.05) is 54.1 Å². The van der Waals surface area contributed by atoms with Crippen LogP contribution in [-0.4, -0.2) is 46.9 Å². The zero-order valence-corrected chi connectivity index (χ0v) is 17.2. The van der Waals surface area contributed by atoms with Crippen molar-refractivity contribution in [3.8, 4) is 0 Å². The molecule has 2 aromatic rings. The number of halogens is 1. The maximum atomic E-state index is 13.4. The zero-order valence-electron chi connectivity index (χ0n) is 16.5. The Morgan fingerprint density at radius 3 is 2.17 bits per heavy atom. The summed E-state index contributed by atoms with van der Waals surface area (Å²) in [7, 11) is 0. The number of hydrogen-bond donors (Lipinski definition) is 0. The number of imide groups is 1. The molecule has 0 aliphatic carbocycles. The Morgan fingerprint density at radius 2 is 1.55 bits per heavy atom. The number of nitrogens with zero attached hydrogens (tertiary/aromatic N) is 2. The molecule has 0 saturated carbocycles. The third-order valence-corrected chi connectivity index (χ3v) is 5.45. The highest BCUT2D eigenvalue weighted by Crippen LogP contribution is 2.34. The van der Waals surface area contributed by atoms with E-state index in [1.807, 2.05) is 49.1 Å². The molecule has 2 aliphatic heterocycles. The Bertz CT molecular complexity index is 946. The fraction of sp³-hybridized carbons (Fsp3) is 0.304. The van der Waals surface area contributed by atoms with Gasteiger partial charge in [0.05, 0.1) is 24.3 Å². The third kappa shape index (κ3) is 3.93. The first kappa shape index (κ1) is 19.7. The first-order valence-electron chi connectivity index (χ1n) is 9.74. The second-order valence-corrected chi connectivity index (χ2v) is 8.01. The third-order valence-electron chi connectivity index (χ3n) is 5.20. The van der Waals surface area contributed by atoms with Gasteiger partial charge in [-0.3, -0.25) is 14.5 Å². The summed E-state index contributed by atoms with van der Waals surface area (Å²) in [5.41, 5.74) is 2.50. The van der Waals surface area contributed by atoms with Crippen molar-refractivity contribution in [2.24, 2.45) is 0 Å². The van der Waals surface area contributed by atoms with E-state index in [0.29, 0.717) is 34.9 Å². The minimum atomic E-state index is -0.275. The van der Waals surface area contributed by atoms with Crippen LogP contribution in [0.1, 0.15) is 25.0 Å². The van der Waals surface area contributed by atoms with Gasteiger partial charge in [-0.2, -0.15) is 0 Å². The quantitative estimate of drug-likeness (QED) is 0.721. The van der Waals surface area contributed by atoms with Crippen molar-refractivity contribution in [2.75, 3.05) is 13.1 Å². The molecule has 150 valence electrons. The van der Waals surface area contributed by atoms with E-state index in [4.69, 9.17) is 16.3 Å². The van der Waals surface area contributed by atoms with Crippen molar-refractivity contribution in [3.63, 3.8) is 0 Å². The van der Waals surface area contributed by atoms with Crippen LogP contribution in [0, 0.1) is 0 Å². The van der Waals surface area contributed by atoms with E-state index in [0.717, 1.165) is 5.56 Å². The average molecular weight is 411 g/mol. The Labute approximate surface area is 175 Å². The van der Waals surface area contributed by atoms with Crippen LogP contribution >= 0.6 is 11.6 Å². The fourth-order valence-electron chi connectivity index (χ4n) is 4.00. The highest BCUT2D eigenvalue weighted by Gasteiger charge is 2.43. The molecule has 2 aromatic carbocycles. The minimum Gasteiger partial charge on any atom is -0.372 e. The van der Waals surface area contributed by atoms with Crippen LogP contribution in [0.3, 0.4) is 0 Å². The van der Waals surface area contributed by atoms with Gasteiger partial charge in [0.25, 0.3) is 11.8 Å². The molecule has 0 bridgehead atoms. The first-order valence-corrected chi connectivity index (χ1v) is 10.1. The van der Waals surface area contributed by atoms with Crippen LogP contribution in [0.15, 0.2) is 60.3 Å². The van der Waals surface area contributed by atoms with Gasteiger partial charge >= 0.3 is 0 Å². The topological polar surface area (TPSA) is 49.9 Å².